The number of nitrogens with two attached hydrogens (primary N) is 1. The first kappa shape index (κ1) is 15.3. The van der Waals surface area contributed by atoms with E-state index >= 15 is 0 Å². The summed E-state index contributed by atoms with van der Waals surface area (Å²) in [5.41, 5.74) is 1.81. The monoisotopic (exact) mass is 314 g/mol. The Kier molecular flexibility index (Phi) is 4.08. The number of nitrogens with zero attached hydrogens (tertiary/aromatic N) is 3. The third kappa shape index (κ3) is 3.71. The Morgan fingerprint density at radius 3 is 2.70 bits per heavy atom. The molecule has 2 rings (SSSR count). The minimum Gasteiger partial charge on any atom is -0.246 e. The van der Waals surface area contributed by atoms with E-state index in [1.54, 1.807) is 16.9 Å². The number of hydrogen-bond acceptors (Lipinski definition) is 5. The van der Waals surface area contributed by atoms with Crippen molar-refractivity contribution in [1.29, 1.82) is 0 Å². The lowest BCUT2D eigenvalue weighted by molar-refractivity contribution is 0.562. The summed E-state index contributed by atoms with van der Waals surface area (Å²) < 4.78 is 23.7. The van der Waals surface area contributed by atoms with Crippen LogP contribution in [0.25, 0.3) is 5.52 Å². The van der Waals surface area contributed by atoms with Gasteiger partial charge in [-0.05, 0) is 6.07 Å². The highest BCUT2D eigenvalue weighted by Crippen LogP contribution is 2.26. The molecular weight excluding hydrogens is 296 g/mol. The highest BCUT2D eigenvalue weighted by molar-refractivity contribution is 8.00. The van der Waals surface area contributed by atoms with Gasteiger partial charge in [0.15, 0.2) is 0 Å². The van der Waals surface area contributed by atoms with Crippen molar-refractivity contribution >= 4 is 27.3 Å². The Morgan fingerprint density at radius 1 is 1.40 bits per heavy atom. The van der Waals surface area contributed by atoms with Gasteiger partial charge in [0.2, 0.25) is 10.0 Å². The molecule has 2 aromatic heterocycles. The molecule has 0 aliphatic carbocycles. The summed E-state index contributed by atoms with van der Waals surface area (Å²) in [6.45, 7) is 6.28. The van der Waals surface area contributed by atoms with Gasteiger partial charge in [0, 0.05) is 23.6 Å². The van der Waals surface area contributed by atoms with Crippen LogP contribution in [0, 0.1) is 0 Å². The van der Waals surface area contributed by atoms with E-state index in [-0.39, 0.29) is 11.2 Å². The number of aromatic nitrogens is 3. The maximum Gasteiger partial charge on any atom is 0.209 e. The van der Waals surface area contributed by atoms with E-state index in [0.29, 0.717) is 5.75 Å². The molecule has 0 aliphatic rings. The van der Waals surface area contributed by atoms with Gasteiger partial charge in [0.1, 0.15) is 5.03 Å². The fourth-order valence-electron chi connectivity index (χ4n) is 1.63. The molecule has 0 saturated heterocycles. The lowest BCUT2D eigenvalue weighted by Gasteiger charge is -2.13. The van der Waals surface area contributed by atoms with E-state index in [0.717, 1.165) is 16.2 Å². The normalized spacial score (nSPS) is 13.0. The van der Waals surface area contributed by atoms with E-state index in [1.807, 2.05) is 6.07 Å². The zero-order valence-corrected chi connectivity index (χ0v) is 13.3. The molecule has 2 heterocycles. The van der Waals surface area contributed by atoms with Crippen molar-refractivity contribution in [2.24, 2.45) is 5.14 Å². The molecule has 0 fully saturated rings. The number of rotatable bonds is 4. The van der Waals surface area contributed by atoms with Gasteiger partial charge in [0.05, 0.1) is 17.0 Å². The minimum absolute atomic E-state index is 0.0471. The van der Waals surface area contributed by atoms with E-state index in [9.17, 15) is 8.42 Å². The van der Waals surface area contributed by atoms with Gasteiger partial charge < -0.3 is 0 Å². The standard InChI is InChI=1S/C12H18N4O2S2/c1-12(2,3)10-8-9-11(14-4-5-16(9)15-10)19-6-7-20(13,17)18/h4-5,8H,6-7H2,1-3H3,(H2,13,17,18). The third-order valence-corrected chi connectivity index (χ3v) is 4.76. The summed E-state index contributed by atoms with van der Waals surface area (Å²) in [5, 5.41) is 10.3. The summed E-state index contributed by atoms with van der Waals surface area (Å²) in [6.07, 6.45) is 3.44. The average molecular weight is 314 g/mol. The van der Waals surface area contributed by atoms with Crippen molar-refractivity contribution in [3.63, 3.8) is 0 Å². The van der Waals surface area contributed by atoms with E-state index < -0.39 is 10.0 Å². The van der Waals surface area contributed by atoms with Gasteiger partial charge in [-0.25, -0.2) is 23.1 Å². The second kappa shape index (κ2) is 5.34. The zero-order chi connectivity index (χ0) is 15.0. The minimum atomic E-state index is -3.44. The van der Waals surface area contributed by atoms with Gasteiger partial charge >= 0.3 is 0 Å². The molecule has 6 nitrogen and oxygen atoms in total. The second-order valence-electron chi connectivity index (χ2n) is 5.56. The molecule has 2 N–H and O–H groups in total. The van der Waals surface area contributed by atoms with Crippen LogP contribution in [0.1, 0.15) is 26.5 Å². The van der Waals surface area contributed by atoms with Crippen molar-refractivity contribution in [2.75, 3.05) is 11.5 Å². The molecule has 0 radical (unpaired) electrons. The Labute approximate surface area is 122 Å². The molecule has 0 atom stereocenters. The molecule has 0 unspecified atom stereocenters. The molecule has 0 aliphatic heterocycles. The molecule has 0 spiro atoms. The molecule has 8 heteroatoms. The SMILES string of the molecule is CC(C)(C)c1cc2c(SCCS(N)(=O)=O)nccn2n1. The maximum absolute atomic E-state index is 10.9. The van der Waals surface area contributed by atoms with Gasteiger partial charge in [-0.2, -0.15) is 5.10 Å². The largest absolute Gasteiger partial charge is 0.246 e. The van der Waals surface area contributed by atoms with Crippen LogP contribution in [-0.2, 0) is 15.4 Å². The summed E-state index contributed by atoms with van der Waals surface area (Å²) in [6, 6.07) is 1.99. The number of hydrogen-bond donors (Lipinski definition) is 1. The third-order valence-electron chi connectivity index (χ3n) is 2.73. The second-order valence-corrected chi connectivity index (χ2v) is 8.37. The number of sulfonamides is 1. The smallest absolute Gasteiger partial charge is 0.209 e. The highest BCUT2D eigenvalue weighted by atomic mass is 32.2. The maximum atomic E-state index is 10.9. The number of fused-ring (bicyclic) bond motifs is 1. The molecule has 110 valence electrons. The highest BCUT2D eigenvalue weighted by Gasteiger charge is 2.19. The van der Waals surface area contributed by atoms with Crippen molar-refractivity contribution in [1.82, 2.24) is 14.6 Å². The Bertz CT molecular complexity index is 717. The topological polar surface area (TPSA) is 90.4 Å². The first-order chi connectivity index (χ1) is 9.17. The van der Waals surface area contributed by atoms with E-state index in [1.165, 1.54) is 11.8 Å². The molecule has 0 bridgehead atoms. The molecular formula is C12H18N4O2S2. The average Bonchev–Trinajstić information content (AvgIpc) is 2.71. The van der Waals surface area contributed by atoms with E-state index in [4.69, 9.17) is 5.14 Å². The first-order valence-corrected chi connectivity index (χ1v) is 8.85. The van der Waals surface area contributed by atoms with Crippen LogP contribution in [-0.4, -0.2) is 34.5 Å². The van der Waals surface area contributed by atoms with Crippen LogP contribution in [0.5, 0.6) is 0 Å². The van der Waals surface area contributed by atoms with Gasteiger partial charge in [-0.3, -0.25) is 0 Å². The summed E-state index contributed by atoms with van der Waals surface area (Å²) >= 11 is 1.37. The molecule has 0 amide bonds. The first-order valence-electron chi connectivity index (χ1n) is 6.15. The van der Waals surface area contributed by atoms with Crippen molar-refractivity contribution in [3.8, 4) is 0 Å². The van der Waals surface area contributed by atoms with Crippen LogP contribution in [0.3, 0.4) is 0 Å². The van der Waals surface area contributed by atoms with Gasteiger partial charge in [-0.15, -0.1) is 11.8 Å². The van der Waals surface area contributed by atoms with Gasteiger partial charge in [0.25, 0.3) is 0 Å². The van der Waals surface area contributed by atoms with Gasteiger partial charge in [-0.1, -0.05) is 20.8 Å². The van der Waals surface area contributed by atoms with Crippen LogP contribution in [0.15, 0.2) is 23.5 Å². The predicted octanol–water partition coefficient (Wildman–Crippen LogP) is 1.41. The lowest BCUT2D eigenvalue weighted by atomic mass is 9.92. The van der Waals surface area contributed by atoms with Crippen LogP contribution < -0.4 is 5.14 Å². The predicted molar refractivity (Wildman–Crippen MR) is 80.4 cm³/mol. The fraction of sp³-hybridized carbons (Fsp3) is 0.500. The zero-order valence-electron chi connectivity index (χ0n) is 11.7. The van der Waals surface area contributed by atoms with Crippen LogP contribution in [0.2, 0.25) is 0 Å². The van der Waals surface area contributed by atoms with Crippen molar-refractivity contribution in [3.05, 3.63) is 24.2 Å². The summed E-state index contributed by atoms with van der Waals surface area (Å²) in [7, 11) is -3.44. The quantitative estimate of drug-likeness (QED) is 0.862. The fourth-order valence-corrected chi connectivity index (χ4v) is 3.52. The summed E-state index contributed by atoms with van der Waals surface area (Å²) in [4.78, 5) is 4.29. The van der Waals surface area contributed by atoms with Crippen LogP contribution >= 0.6 is 11.8 Å². The lowest BCUT2D eigenvalue weighted by Crippen LogP contribution is -2.17. The van der Waals surface area contributed by atoms with E-state index in [2.05, 4.69) is 30.9 Å². The molecule has 20 heavy (non-hydrogen) atoms. The molecule has 2 aromatic rings. The number of primary sulfonamides is 1. The summed E-state index contributed by atoms with van der Waals surface area (Å²) in [5.74, 6) is 0.308. The van der Waals surface area contributed by atoms with Crippen LogP contribution in [0.4, 0.5) is 0 Å². The Balaban J connectivity index is 2.28. The Morgan fingerprint density at radius 2 is 2.10 bits per heavy atom. The van der Waals surface area contributed by atoms with Crippen molar-refractivity contribution in [2.45, 2.75) is 31.2 Å². The molecule has 0 saturated carbocycles. The molecule has 0 aromatic carbocycles. The van der Waals surface area contributed by atoms with Crippen molar-refractivity contribution < 1.29 is 8.42 Å². The number of thioether (sulfide) groups is 1. The Hall–Kier alpha value is -1.12.